The van der Waals surface area contributed by atoms with E-state index in [2.05, 4.69) is 15.2 Å². The average Bonchev–Trinajstić information content (AvgIpc) is 3.13. The zero-order valence-corrected chi connectivity index (χ0v) is 15.7. The van der Waals surface area contributed by atoms with E-state index < -0.39 is 0 Å². The molecule has 0 radical (unpaired) electrons. The number of amides is 1. The number of nitrogens with one attached hydrogen (secondary N) is 1. The second-order valence-corrected chi connectivity index (χ2v) is 6.94. The Labute approximate surface area is 154 Å². The number of likely N-dealkylation sites (tertiary alicyclic amines) is 1. The summed E-state index contributed by atoms with van der Waals surface area (Å²) in [6.45, 7) is 6.91. The van der Waals surface area contributed by atoms with Crippen molar-refractivity contribution in [1.82, 2.24) is 15.2 Å². The van der Waals surface area contributed by atoms with E-state index in [4.69, 9.17) is 9.15 Å². The highest BCUT2D eigenvalue weighted by Gasteiger charge is 2.26. The molecule has 0 bridgehead atoms. The van der Waals surface area contributed by atoms with Gasteiger partial charge in [0.2, 0.25) is 11.8 Å². The van der Waals surface area contributed by atoms with Crippen molar-refractivity contribution in [3.63, 3.8) is 0 Å². The lowest BCUT2D eigenvalue weighted by Gasteiger charge is -2.31. The van der Waals surface area contributed by atoms with Gasteiger partial charge in [0, 0.05) is 24.3 Å². The van der Waals surface area contributed by atoms with Crippen LogP contribution in [-0.2, 0) is 17.9 Å². The number of hydrogen-bond acceptors (Lipinski definition) is 5. The van der Waals surface area contributed by atoms with Crippen LogP contribution in [0, 0.1) is 19.8 Å². The fourth-order valence-corrected chi connectivity index (χ4v) is 3.57. The zero-order valence-electron chi connectivity index (χ0n) is 15.7. The van der Waals surface area contributed by atoms with Crippen molar-refractivity contribution >= 4 is 5.91 Å². The van der Waals surface area contributed by atoms with Crippen LogP contribution < -0.4 is 10.1 Å². The van der Waals surface area contributed by atoms with E-state index in [-0.39, 0.29) is 11.8 Å². The summed E-state index contributed by atoms with van der Waals surface area (Å²) in [5, 5.41) is 3.07. The molecule has 6 heteroatoms. The third-order valence-electron chi connectivity index (χ3n) is 4.91. The number of carbonyl (C=O) groups excluding carboxylic acids is 1. The molecule has 0 unspecified atom stereocenters. The monoisotopic (exact) mass is 357 g/mol. The molecule has 1 atom stereocenters. The molecule has 1 N–H and O–H groups in total. The van der Waals surface area contributed by atoms with Crippen molar-refractivity contribution in [2.45, 2.75) is 39.8 Å². The summed E-state index contributed by atoms with van der Waals surface area (Å²) in [4.78, 5) is 19.4. The van der Waals surface area contributed by atoms with Gasteiger partial charge in [-0.3, -0.25) is 9.69 Å². The molecule has 1 amide bonds. The predicted molar refractivity (Wildman–Crippen MR) is 98.8 cm³/mol. The highest BCUT2D eigenvalue weighted by atomic mass is 16.5. The number of nitrogens with zero attached hydrogens (tertiary/aromatic N) is 2. The number of aromatic nitrogens is 1. The molecule has 0 saturated carbocycles. The number of pyridine rings is 1. The van der Waals surface area contributed by atoms with E-state index in [0.717, 1.165) is 55.1 Å². The normalized spacial score (nSPS) is 17.9. The molecule has 2 aromatic heterocycles. The van der Waals surface area contributed by atoms with E-state index >= 15 is 0 Å². The number of piperidine rings is 1. The van der Waals surface area contributed by atoms with E-state index in [9.17, 15) is 4.79 Å². The molecule has 1 fully saturated rings. The summed E-state index contributed by atoms with van der Waals surface area (Å²) in [6, 6.07) is 5.88. The number of furan rings is 1. The van der Waals surface area contributed by atoms with Crippen LogP contribution in [0.25, 0.3) is 0 Å². The summed E-state index contributed by atoms with van der Waals surface area (Å²) in [5.74, 6) is 1.63. The molecule has 1 aliphatic heterocycles. The maximum Gasteiger partial charge on any atom is 0.224 e. The minimum atomic E-state index is 0.00317. The Balaban J connectivity index is 1.58. The highest BCUT2D eigenvalue weighted by molar-refractivity contribution is 5.79. The van der Waals surface area contributed by atoms with Crippen molar-refractivity contribution in [2.24, 2.45) is 5.92 Å². The van der Waals surface area contributed by atoms with Crippen molar-refractivity contribution in [1.29, 1.82) is 0 Å². The molecule has 1 aliphatic rings. The third kappa shape index (κ3) is 4.43. The minimum Gasteiger partial charge on any atom is -0.481 e. The molecule has 3 rings (SSSR count). The fraction of sp³-hybridized carbons (Fsp3) is 0.500. The number of ether oxygens (including phenoxy) is 1. The van der Waals surface area contributed by atoms with Gasteiger partial charge in [0.25, 0.3) is 0 Å². The van der Waals surface area contributed by atoms with Gasteiger partial charge in [-0.25, -0.2) is 4.98 Å². The Morgan fingerprint density at radius 3 is 3.04 bits per heavy atom. The van der Waals surface area contributed by atoms with Crippen LogP contribution in [-0.4, -0.2) is 36.0 Å². The van der Waals surface area contributed by atoms with Crippen LogP contribution in [0.15, 0.2) is 28.9 Å². The second kappa shape index (κ2) is 8.36. The van der Waals surface area contributed by atoms with Gasteiger partial charge in [0.05, 0.1) is 25.8 Å². The van der Waals surface area contributed by atoms with Crippen LogP contribution in [0.4, 0.5) is 0 Å². The van der Waals surface area contributed by atoms with Gasteiger partial charge in [0.1, 0.15) is 5.76 Å². The van der Waals surface area contributed by atoms with Gasteiger partial charge in [0.15, 0.2) is 0 Å². The summed E-state index contributed by atoms with van der Waals surface area (Å²) in [6.07, 6.45) is 3.63. The van der Waals surface area contributed by atoms with E-state index in [0.29, 0.717) is 12.4 Å². The summed E-state index contributed by atoms with van der Waals surface area (Å²) in [5.41, 5.74) is 2.93. The Morgan fingerprint density at radius 2 is 2.31 bits per heavy atom. The van der Waals surface area contributed by atoms with Gasteiger partial charge >= 0.3 is 0 Å². The Kier molecular flexibility index (Phi) is 5.93. The second-order valence-electron chi connectivity index (χ2n) is 6.94. The molecule has 6 nitrogen and oxygen atoms in total. The Hall–Kier alpha value is -2.34. The standard InChI is InChI=1S/C20H27N3O3/c1-14-10-15(2)22-20(25-3)18(14)11-21-19(24)16-6-4-8-23(12-16)13-17-7-5-9-26-17/h5,7,9-10,16H,4,6,8,11-13H2,1-3H3,(H,21,24)/t16-/m1/s1. The zero-order chi connectivity index (χ0) is 18.5. The lowest BCUT2D eigenvalue weighted by molar-refractivity contribution is -0.127. The molecule has 0 spiro atoms. The Bertz CT molecular complexity index is 743. The van der Waals surface area contributed by atoms with Gasteiger partial charge in [-0.15, -0.1) is 0 Å². The molecular weight excluding hydrogens is 330 g/mol. The summed E-state index contributed by atoms with van der Waals surface area (Å²) < 4.78 is 10.8. The number of rotatable bonds is 6. The van der Waals surface area contributed by atoms with Crippen LogP contribution >= 0.6 is 0 Å². The first-order chi connectivity index (χ1) is 12.6. The first-order valence-electron chi connectivity index (χ1n) is 9.10. The molecule has 26 heavy (non-hydrogen) atoms. The fourth-order valence-electron chi connectivity index (χ4n) is 3.57. The number of carbonyl (C=O) groups is 1. The van der Waals surface area contributed by atoms with Crippen molar-refractivity contribution in [2.75, 3.05) is 20.2 Å². The van der Waals surface area contributed by atoms with Crippen LogP contribution in [0.1, 0.15) is 35.4 Å². The quantitative estimate of drug-likeness (QED) is 0.861. The molecule has 0 aliphatic carbocycles. The average molecular weight is 357 g/mol. The first-order valence-corrected chi connectivity index (χ1v) is 9.10. The topological polar surface area (TPSA) is 67.6 Å². The number of hydrogen-bond donors (Lipinski definition) is 1. The number of methoxy groups -OCH3 is 1. The molecule has 140 valence electrons. The largest absolute Gasteiger partial charge is 0.481 e. The molecule has 1 saturated heterocycles. The predicted octanol–water partition coefficient (Wildman–Crippen LogP) is 2.83. The van der Waals surface area contributed by atoms with Gasteiger partial charge in [-0.1, -0.05) is 0 Å². The molecule has 0 aromatic carbocycles. The van der Waals surface area contributed by atoms with Crippen LogP contribution in [0.2, 0.25) is 0 Å². The van der Waals surface area contributed by atoms with E-state index in [1.807, 2.05) is 32.0 Å². The van der Waals surface area contributed by atoms with Gasteiger partial charge in [-0.05, 0) is 57.0 Å². The molecular formula is C20H27N3O3. The maximum atomic E-state index is 12.7. The third-order valence-corrected chi connectivity index (χ3v) is 4.91. The van der Waals surface area contributed by atoms with Crippen molar-refractivity contribution in [3.05, 3.63) is 47.0 Å². The summed E-state index contributed by atoms with van der Waals surface area (Å²) in [7, 11) is 1.61. The van der Waals surface area contributed by atoms with E-state index in [1.54, 1.807) is 13.4 Å². The summed E-state index contributed by atoms with van der Waals surface area (Å²) >= 11 is 0. The van der Waals surface area contributed by atoms with E-state index in [1.165, 1.54) is 0 Å². The van der Waals surface area contributed by atoms with Crippen molar-refractivity contribution < 1.29 is 13.9 Å². The first kappa shape index (κ1) is 18.5. The smallest absolute Gasteiger partial charge is 0.224 e. The molecule has 2 aromatic rings. The lowest BCUT2D eigenvalue weighted by Crippen LogP contribution is -2.42. The Morgan fingerprint density at radius 1 is 1.46 bits per heavy atom. The minimum absolute atomic E-state index is 0.00317. The maximum absolute atomic E-state index is 12.7. The van der Waals surface area contributed by atoms with Crippen LogP contribution in [0.3, 0.4) is 0 Å². The van der Waals surface area contributed by atoms with Crippen molar-refractivity contribution in [3.8, 4) is 5.88 Å². The van der Waals surface area contributed by atoms with Gasteiger partial charge in [-0.2, -0.15) is 0 Å². The highest BCUT2D eigenvalue weighted by Crippen LogP contribution is 2.22. The number of aryl methyl sites for hydroxylation is 2. The van der Waals surface area contributed by atoms with Crippen LogP contribution in [0.5, 0.6) is 5.88 Å². The lowest BCUT2D eigenvalue weighted by atomic mass is 9.97. The SMILES string of the molecule is COc1nc(C)cc(C)c1CNC(=O)[C@@H]1CCCN(Cc2ccco2)C1. The van der Waals surface area contributed by atoms with Gasteiger partial charge < -0.3 is 14.5 Å². The molecule has 3 heterocycles.